The van der Waals surface area contributed by atoms with Crippen molar-refractivity contribution in [3.05, 3.63) is 65.0 Å². The van der Waals surface area contributed by atoms with Gasteiger partial charge in [-0.05, 0) is 36.2 Å². The van der Waals surface area contributed by atoms with E-state index in [-0.39, 0.29) is 0 Å². The lowest BCUT2D eigenvalue weighted by molar-refractivity contribution is -0.137. The summed E-state index contributed by atoms with van der Waals surface area (Å²) in [6.07, 6.45) is -3.86. The topological polar surface area (TPSA) is 33.1 Å². The van der Waals surface area contributed by atoms with Gasteiger partial charge < -0.3 is 5.11 Å². The van der Waals surface area contributed by atoms with Gasteiger partial charge in [-0.25, -0.2) is 0 Å². The van der Waals surface area contributed by atoms with Crippen LogP contribution >= 0.6 is 0 Å². The molecule has 19 heavy (non-hydrogen) atoms. The van der Waals surface area contributed by atoms with Crippen LogP contribution in [0.3, 0.4) is 0 Å². The lowest BCUT2D eigenvalue weighted by atomic mass is 10.0. The summed E-state index contributed by atoms with van der Waals surface area (Å²) >= 11 is 0. The van der Waals surface area contributed by atoms with Crippen molar-refractivity contribution in [2.75, 3.05) is 0 Å². The number of halogens is 3. The van der Waals surface area contributed by atoms with E-state index >= 15 is 0 Å². The Balaban J connectivity index is 2.31. The van der Waals surface area contributed by atoms with Crippen LogP contribution in [0.15, 0.2) is 42.6 Å². The quantitative estimate of drug-likeness (QED) is 0.903. The summed E-state index contributed by atoms with van der Waals surface area (Å²) in [6, 6.07) is 7.96. The van der Waals surface area contributed by atoms with E-state index in [1.54, 1.807) is 19.1 Å². The van der Waals surface area contributed by atoms with Crippen LogP contribution in [0.2, 0.25) is 0 Å². The van der Waals surface area contributed by atoms with Crippen molar-refractivity contribution in [2.24, 2.45) is 0 Å². The van der Waals surface area contributed by atoms with Crippen molar-refractivity contribution in [1.82, 2.24) is 4.98 Å². The van der Waals surface area contributed by atoms with Gasteiger partial charge in [0.25, 0.3) is 0 Å². The van der Waals surface area contributed by atoms with E-state index < -0.39 is 17.8 Å². The van der Waals surface area contributed by atoms with Crippen LogP contribution in [-0.2, 0) is 6.18 Å². The van der Waals surface area contributed by atoms with Crippen molar-refractivity contribution in [2.45, 2.75) is 19.2 Å². The third-order valence-corrected chi connectivity index (χ3v) is 2.86. The van der Waals surface area contributed by atoms with Crippen molar-refractivity contribution in [1.29, 1.82) is 0 Å². The largest absolute Gasteiger partial charge is 0.416 e. The fourth-order valence-corrected chi connectivity index (χ4v) is 1.80. The Morgan fingerprint density at radius 3 is 2.26 bits per heavy atom. The molecule has 0 fully saturated rings. The van der Waals surface area contributed by atoms with Crippen LogP contribution in [-0.4, -0.2) is 10.1 Å². The molecular formula is C14H12F3NO. The molecule has 100 valence electrons. The zero-order valence-corrected chi connectivity index (χ0v) is 10.1. The Hall–Kier alpha value is -1.88. The maximum atomic E-state index is 12.4. The van der Waals surface area contributed by atoms with E-state index in [1.807, 2.05) is 0 Å². The molecule has 1 aromatic carbocycles. The third-order valence-electron chi connectivity index (χ3n) is 2.86. The second kappa shape index (κ2) is 5.01. The smallest absolute Gasteiger partial charge is 0.382 e. The molecule has 1 heterocycles. The van der Waals surface area contributed by atoms with Crippen LogP contribution in [0.25, 0.3) is 0 Å². The molecule has 2 nitrogen and oxygen atoms in total. The Kier molecular flexibility index (Phi) is 3.57. The lowest BCUT2D eigenvalue weighted by Crippen LogP contribution is -2.07. The first-order valence-electron chi connectivity index (χ1n) is 5.66. The minimum atomic E-state index is -4.37. The van der Waals surface area contributed by atoms with Gasteiger partial charge in [-0.2, -0.15) is 13.2 Å². The predicted molar refractivity (Wildman–Crippen MR) is 64.5 cm³/mol. The van der Waals surface area contributed by atoms with Gasteiger partial charge in [0, 0.05) is 6.20 Å². The summed E-state index contributed by atoms with van der Waals surface area (Å²) in [5.41, 5.74) is 0.883. The minimum Gasteiger partial charge on any atom is -0.382 e. The maximum Gasteiger partial charge on any atom is 0.416 e. The van der Waals surface area contributed by atoms with Crippen molar-refractivity contribution < 1.29 is 18.3 Å². The van der Waals surface area contributed by atoms with Crippen LogP contribution in [0.1, 0.15) is 28.5 Å². The van der Waals surface area contributed by atoms with Crippen LogP contribution < -0.4 is 0 Å². The maximum absolute atomic E-state index is 12.4. The second-order valence-corrected chi connectivity index (χ2v) is 4.23. The summed E-state index contributed by atoms with van der Waals surface area (Å²) in [5, 5.41) is 10.1. The van der Waals surface area contributed by atoms with Gasteiger partial charge in [0.2, 0.25) is 0 Å². The number of hydrogen-bond acceptors (Lipinski definition) is 2. The highest BCUT2D eigenvalue weighted by molar-refractivity contribution is 5.32. The van der Waals surface area contributed by atoms with Gasteiger partial charge in [0.15, 0.2) is 0 Å². The lowest BCUT2D eigenvalue weighted by Gasteiger charge is -2.14. The fourth-order valence-electron chi connectivity index (χ4n) is 1.80. The molecule has 0 aliphatic heterocycles. The van der Waals surface area contributed by atoms with E-state index in [0.29, 0.717) is 11.3 Å². The molecular weight excluding hydrogens is 255 g/mol. The minimum absolute atomic E-state index is 0.384. The SMILES string of the molecule is Cc1cccnc1C(O)c1ccc(C(F)(F)F)cc1. The van der Waals surface area contributed by atoms with E-state index in [4.69, 9.17) is 0 Å². The van der Waals surface area contributed by atoms with E-state index in [9.17, 15) is 18.3 Å². The highest BCUT2D eigenvalue weighted by Gasteiger charge is 2.30. The number of hydrogen-bond donors (Lipinski definition) is 1. The second-order valence-electron chi connectivity index (χ2n) is 4.23. The number of aryl methyl sites for hydroxylation is 1. The highest BCUT2D eigenvalue weighted by Crippen LogP contribution is 2.31. The monoisotopic (exact) mass is 267 g/mol. The number of rotatable bonds is 2. The normalized spacial score (nSPS) is 13.3. The average Bonchev–Trinajstić information content (AvgIpc) is 2.38. The molecule has 1 N–H and O–H groups in total. The molecule has 1 atom stereocenters. The molecule has 0 saturated heterocycles. The van der Waals surface area contributed by atoms with E-state index in [2.05, 4.69) is 4.98 Å². The van der Waals surface area contributed by atoms with Gasteiger partial charge in [0.1, 0.15) is 6.10 Å². The molecule has 1 unspecified atom stereocenters. The summed E-state index contributed by atoms with van der Waals surface area (Å²) in [5.74, 6) is 0. The van der Waals surface area contributed by atoms with Crippen LogP contribution in [0.5, 0.6) is 0 Å². The molecule has 5 heteroatoms. The zero-order valence-electron chi connectivity index (χ0n) is 10.1. The molecule has 1 aromatic heterocycles. The van der Waals surface area contributed by atoms with Crippen LogP contribution in [0, 0.1) is 6.92 Å². The first kappa shape index (κ1) is 13.5. The van der Waals surface area contributed by atoms with Gasteiger partial charge in [-0.15, -0.1) is 0 Å². The zero-order chi connectivity index (χ0) is 14.0. The van der Waals surface area contributed by atoms with E-state index in [0.717, 1.165) is 17.7 Å². The standard InChI is InChI=1S/C14H12F3NO/c1-9-3-2-8-18-12(9)13(19)10-4-6-11(7-5-10)14(15,16)17/h2-8,13,19H,1H3. The third kappa shape index (κ3) is 2.93. The van der Waals surface area contributed by atoms with Crippen molar-refractivity contribution in [3.63, 3.8) is 0 Å². The van der Waals surface area contributed by atoms with Gasteiger partial charge in [-0.1, -0.05) is 18.2 Å². The Bertz CT molecular complexity index is 564. The molecule has 0 aliphatic carbocycles. The number of aliphatic hydroxyl groups is 1. The molecule has 0 radical (unpaired) electrons. The summed E-state index contributed by atoms with van der Waals surface area (Å²) < 4.78 is 37.3. The highest BCUT2D eigenvalue weighted by atomic mass is 19.4. The Morgan fingerprint density at radius 2 is 1.74 bits per heavy atom. The Labute approximate surface area is 108 Å². The van der Waals surface area contributed by atoms with Crippen LogP contribution in [0.4, 0.5) is 13.2 Å². The molecule has 0 bridgehead atoms. The number of nitrogens with zero attached hydrogens (tertiary/aromatic N) is 1. The number of aliphatic hydroxyl groups excluding tert-OH is 1. The number of benzene rings is 1. The molecule has 0 saturated carbocycles. The number of pyridine rings is 1. The molecule has 2 aromatic rings. The predicted octanol–water partition coefficient (Wildman–Crippen LogP) is 3.49. The molecule has 0 aliphatic rings. The molecule has 0 spiro atoms. The van der Waals surface area contributed by atoms with E-state index in [1.165, 1.54) is 18.3 Å². The Morgan fingerprint density at radius 1 is 1.11 bits per heavy atom. The number of aromatic nitrogens is 1. The van der Waals surface area contributed by atoms with Crippen molar-refractivity contribution in [3.8, 4) is 0 Å². The molecule has 0 amide bonds. The number of alkyl halides is 3. The summed E-state index contributed by atoms with van der Waals surface area (Å²) in [7, 11) is 0. The fraction of sp³-hybridized carbons (Fsp3) is 0.214. The van der Waals surface area contributed by atoms with Gasteiger partial charge >= 0.3 is 6.18 Å². The summed E-state index contributed by atoms with van der Waals surface area (Å²) in [4.78, 5) is 4.05. The first-order valence-corrected chi connectivity index (χ1v) is 5.66. The molecule has 2 rings (SSSR count). The van der Waals surface area contributed by atoms with Gasteiger partial charge in [-0.3, -0.25) is 4.98 Å². The first-order chi connectivity index (χ1) is 8.89. The van der Waals surface area contributed by atoms with Crippen molar-refractivity contribution >= 4 is 0 Å². The average molecular weight is 267 g/mol. The van der Waals surface area contributed by atoms with Gasteiger partial charge in [0.05, 0.1) is 11.3 Å². The summed E-state index contributed by atoms with van der Waals surface area (Å²) in [6.45, 7) is 1.79.